The maximum Gasteiger partial charge on any atom is 0.336 e. The van der Waals surface area contributed by atoms with E-state index in [2.05, 4.69) is 0 Å². The van der Waals surface area contributed by atoms with Gasteiger partial charge in [0.15, 0.2) is 0 Å². The van der Waals surface area contributed by atoms with Crippen LogP contribution in [-0.2, 0) is 16.4 Å². The number of rotatable bonds is 7. The van der Waals surface area contributed by atoms with Crippen molar-refractivity contribution in [3.63, 3.8) is 0 Å². The zero-order chi connectivity index (χ0) is 16.2. The van der Waals surface area contributed by atoms with Gasteiger partial charge in [-0.1, -0.05) is 13.0 Å². The number of aliphatic hydroxyl groups is 1. The van der Waals surface area contributed by atoms with E-state index in [0.717, 1.165) is 6.07 Å². The third-order valence-electron chi connectivity index (χ3n) is 2.78. The minimum Gasteiger partial charge on any atom is -0.478 e. The molecule has 0 amide bonds. The molecule has 0 radical (unpaired) electrons. The molecule has 3 N–H and O–H groups in total. The summed E-state index contributed by atoms with van der Waals surface area (Å²) < 4.78 is 49.8. The smallest absolute Gasteiger partial charge is 0.336 e. The summed E-state index contributed by atoms with van der Waals surface area (Å²) in [6.07, 6.45) is -4.81. The van der Waals surface area contributed by atoms with E-state index in [1.165, 1.54) is 12.1 Å². The second-order valence-electron chi connectivity index (χ2n) is 4.23. The lowest BCUT2D eigenvalue weighted by atomic mass is 10.1. The first kappa shape index (κ1) is 17.5. The van der Waals surface area contributed by atoms with Crippen LogP contribution in [0, 0.1) is 0 Å². The summed E-state index contributed by atoms with van der Waals surface area (Å²) >= 11 is 0. The molecule has 21 heavy (non-hydrogen) atoms. The minimum absolute atomic E-state index is 0.171. The number of carbonyl (C=O) groups is 1. The molecule has 0 aliphatic carbocycles. The molecule has 0 saturated carbocycles. The molecule has 9 heteroatoms. The van der Waals surface area contributed by atoms with Gasteiger partial charge in [0.2, 0.25) is 10.0 Å². The van der Waals surface area contributed by atoms with Gasteiger partial charge in [-0.25, -0.2) is 26.7 Å². The molecule has 0 aromatic heterocycles. The topological polar surface area (TPSA) is 104 Å². The predicted octanol–water partition coefficient (Wildman–Crippen LogP) is 0.851. The molecule has 1 atom stereocenters. The molecule has 1 rings (SSSR count). The second kappa shape index (κ2) is 6.92. The van der Waals surface area contributed by atoms with Gasteiger partial charge in [-0.3, -0.25) is 0 Å². The number of hydrogen-bond donors (Lipinski definition) is 3. The number of halogens is 2. The third kappa shape index (κ3) is 4.45. The summed E-state index contributed by atoms with van der Waals surface area (Å²) in [4.78, 5) is 10.7. The number of aryl methyl sites for hydroxylation is 1. The zero-order valence-electron chi connectivity index (χ0n) is 11.1. The first-order chi connectivity index (χ1) is 9.69. The van der Waals surface area contributed by atoms with Gasteiger partial charge in [-0.2, -0.15) is 0 Å². The Hall–Kier alpha value is -1.58. The minimum atomic E-state index is -4.18. The summed E-state index contributed by atoms with van der Waals surface area (Å²) in [5, 5.41) is 17.9. The van der Waals surface area contributed by atoms with Crippen LogP contribution in [0.1, 0.15) is 22.8 Å². The lowest BCUT2D eigenvalue weighted by Crippen LogP contribution is -2.35. The van der Waals surface area contributed by atoms with Crippen molar-refractivity contribution in [3.8, 4) is 0 Å². The monoisotopic (exact) mass is 323 g/mol. The summed E-state index contributed by atoms with van der Waals surface area (Å²) in [5.41, 5.74) is 0.281. The number of sulfonamides is 1. The maximum atomic E-state index is 12.1. The molecule has 1 aromatic carbocycles. The summed E-state index contributed by atoms with van der Waals surface area (Å²) in [6.45, 7) is 0.852. The molecule has 0 saturated heterocycles. The largest absolute Gasteiger partial charge is 0.478 e. The van der Waals surface area contributed by atoms with Gasteiger partial charge < -0.3 is 10.2 Å². The molecule has 1 unspecified atom stereocenters. The predicted molar refractivity (Wildman–Crippen MR) is 70.0 cm³/mol. The van der Waals surface area contributed by atoms with Crippen molar-refractivity contribution >= 4 is 16.0 Å². The Kier molecular flexibility index (Phi) is 5.76. The highest BCUT2D eigenvalue weighted by molar-refractivity contribution is 7.89. The van der Waals surface area contributed by atoms with E-state index in [1.54, 1.807) is 6.92 Å². The molecule has 0 fully saturated rings. The van der Waals surface area contributed by atoms with Gasteiger partial charge in [0, 0.05) is 6.54 Å². The number of carboxylic acids is 1. The van der Waals surface area contributed by atoms with Crippen molar-refractivity contribution in [2.45, 2.75) is 30.8 Å². The van der Waals surface area contributed by atoms with E-state index in [4.69, 9.17) is 10.2 Å². The molecule has 6 nitrogen and oxygen atoms in total. The summed E-state index contributed by atoms with van der Waals surface area (Å²) in [5.74, 6) is -1.28. The number of benzene rings is 1. The standard InChI is InChI=1S/C12H15F2NO5S/c1-2-7-3-4-8(5-9(7)12(17)18)21(19,20)15-6-10(16)11(13)14/h3-5,10-11,15-16H,2,6H2,1H3,(H,17,18). The Morgan fingerprint density at radius 1 is 1.38 bits per heavy atom. The molecule has 0 spiro atoms. The number of aromatic carboxylic acids is 1. The number of aliphatic hydroxyl groups excluding tert-OH is 1. The number of alkyl halides is 2. The van der Waals surface area contributed by atoms with Crippen LogP contribution in [0.5, 0.6) is 0 Å². The Morgan fingerprint density at radius 2 is 2.00 bits per heavy atom. The SMILES string of the molecule is CCc1ccc(S(=O)(=O)NCC(O)C(F)F)cc1C(=O)O. The molecule has 118 valence electrons. The van der Waals surface area contributed by atoms with Crippen molar-refractivity contribution in [2.24, 2.45) is 0 Å². The molecule has 0 aliphatic heterocycles. The number of hydrogen-bond acceptors (Lipinski definition) is 4. The van der Waals surface area contributed by atoms with E-state index in [0.29, 0.717) is 12.0 Å². The Balaban J connectivity index is 3.04. The van der Waals surface area contributed by atoms with Crippen LogP contribution in [0.4, 0.5) is 8.78 Å². The van der Waals surface area contributed by atoms with Crippen LogP contribution >= 0.6 is 0 Å². The van der Waals surface area contributed by atoms with Gasteiger partial charge in [0.25, 0.3) is 6.43 Å². The Morgan fingerprint density at radius 3 is 2.48 bits per heavy atom. The Labute approximate surface area is 120 Å². The van der Waals surface area contributed by atoms with E-state index < -0.39 is 35.1 Å². The zero-order valence-corrected chi connectivity index (χ0v) is 11.9. The van der Waals surface area contributed by atoms with Gasteiger partial charge in [-0.15, -0.1) is 0 Å². The molecule has 0 bridgehead atoms. The highest BCUT2D eigenvalue weighted by atomic mass is 32.2. The van der Waals surface area contributed by atoms with Crippen molar-refractivity contribution < 1.29 is 32.2 Å². The average Bonchev–Trinajstić information content (AvgIpc) is 2.43. The van der Waals surface area contributed by atoms with Crippen LogP contribution in [0.25, 0.3) is 0 Å². The molecule has 1 aromatic rings. The van der Waals surface area contributed by atoms with E-state index in [-0.39, 0.29) is 10.5 Å². The van der Waals surface area contributed by atoms with Crippen molar-refractivity contribution in [3.05, 3.63) is 29.3 Å². The fourth-order valence-corrected chi connectivity index (χ4v) is 2.67. The first-order valence-corrected chi connectivity index (χ1v) is 7.49. The third-order valence-corrected chi connectivity index (χ3v) is 4.20. The van der Waals surface area contributed by atoms with Gasteiger partial charge in [-0.05, 0) is 24.1 Å². The summed E-state index contributed by atoms with van der Waals surface area (Å²) in [6, 6.07) is 3.49. The maximum absolute atomic E-state index is 12.1. The van der Waals surface area contributed by atoms with Crippen molar-refractivity contribution in [1.29, 1.82) is 0 Å². The van der Waals surface area contributed by atoms with E-state index >= 15 is 0 Å². The fraction of sp³-hybridized carbons (Fsp3) is 0.417. The molecular formula is C12H15F2NO5S. The lowest BCUT2D eigenvalue weighted by molar-refractivity contribution is -0.000451. The van der Waals surface area contributed by atoms with Crippen LogP contribution in [-0.4, -0.2) is 43.7 Å². The van der Waals surface area contributed by atoms with Gasteiger partial charge in [0.05, 0.1) is 10.5 Å². The lowest BCUT2D eigenvalue weighted by Gasteiger charge is -2.12. The highest BCUT2D eigenvalue weighted by Crippen LogP contribution is 2.17. The number of carboxylic acid groups (broad SMARTS) is 1. The second-order valence-corrected chi connectivity index (χ2v) is 6.00. The van der Waals surface area contributed by atoms with E-state index in [9.17, 15) is 22.0 Å². The molecule has 0 aliphatic rings. The first-order valence-electron chi connectivity index (χ1n) is 6.01. The van der Waals surface area contributed by atoms with E-state index in [1.807, 2.05) is 4.72 Å². The van der Waals surface area contributed by atoms with Gasteiger partial charge >= 0.3 is 5.97 Å². The average molecular weight is 323 g/mol. The quantitative estimate of drug-likeness (QED) is 0.690. The molecular weight excluding hydrogens is 308 g/mol. The normalized spacial score (nSPS) is 13.4. The van der Waals surface area contributed by atoms with Crippen LogP contribution in [0.3, 0.4) is 0 Å². The van der Waals surface area contributed by atoms with Crippen LogP contribution in [0.15, 0.2) is 23.1 Å². The van der Waals surface area contributed by atoms with Crippen LogP contribution in [0.2, 0.25) is 0 Å². The van der Waals surface area contributed by atoms with Gasteiger partial charge in [0.1, 0.15) is 6.10 Å². The fourth-order valence-electron chi connectivity index (χ4n) is 1.60. The highest BCUT2D eigenvalue weighted by Gasteiger charge is 2.22. The van der Waals surface area contributed by atoms with Crippen LogP contribution < -0.4 is 4.72 Å². The van der Waals surface area contributed by atoms with Crippen molar-refractivity contribution in [1.82, 2.24) is 4.72 Å². The number of nitrogens with one attached hydrogen (secondary N) is 1. The molecule has 0 heterocycles. The van der Waals surface area contributed by atoms with Crippen molar-refractivity contribution in [2.75, 3.05) is 6.54 Å². The Bertz CT molecular complexity index is 618. The summed E-state index contributed by atoms with van der Waals surface area (Å²) in [7, 11) is -4.18.